The number of nitrogens with two attached hydrogens (primary N) is 1. The number of aliphatic hydroxyl groups excluding tert-OH is 1. The average Bonchev–Trinajstić information content (AvgIpc) is 2.26. The summed E-state index contributed by atoms with van der Waals surface area (Å²) in [6.07, 6.45) is 5.80. The minimum atomic E-state index is -0.701. The molecule has 0 saturated carbocycles. The molecule has 0 aliphatic carbocycles. The van der Waals surface area contributed by atoms with Gasteiger partial charge in [-0.1, -0.05) is 25.5 Å². The lowest BCUT2D eigenvalue weighted by molar-refractivity contribution is -0.119. The van der Waals surface area contributed by atoms with Crippen LogP contribution in [-0.4, -0.2) is 23.4 Å². The molecule has 0 radical (unpaired) electrons. The van der Waals surface area contributed by atoms with E-state index in [1.165, 1.54) is 0 Å². The third kappa shape index (κ3) is 6.68. The summed E-state index contributed by atoms with van der Waals surface area (Å²) in [5.41, 5.74) is 5.48. The summed E-state index contributed by atoms with van der Waals surface area (Å²) in [6, 6.07) is 0. The van der Waals surface area contributed by atoms with Crippen molar-refractivity contribution in [3.8, 4) is 0 Å². The van der Waals surface area contributed by atoms with Crippen molar-refractivity contribution >= 4 is 11.7 Å². The number of Topliss-reactive ketones (excluding diaryl/α,β-unsaturated/α-hetero) is 1. The predicted molar refractivity (Wildman–Crippen MR) is 67.3 cm³/mol. The molecule has 0 fully saturated rings. The first-order valence-electron chi connectivity index (χ1n) is 5.81. The van der Waals surface area contributed by atoms with E-state index in [1.54, 1.807) is 13.0 Å². The molecule has 0 heterocycles. The van der Waals surface area contributed by atoms with Gasteiger partial charge in [0.1, 0.15) is 0 Å². The number of primary amides is 1. The summed E-state index contributed by atoms with van der Waals surface area (Å²) in [4.78, 5) is 22.6. The molecule has 0 aliphatic heterocycles. The second-order valence-corrected chi connectivity index (χ2v) is 4.02. The van der Waals surface area contributed by atoms with Gasteiger partial charge in [-0.3, -0.25) is 9.59 Å². The van der Waals surface area contributed by atoms with Crippen LogP contribution in [-0.2, 0) is 9.59 Å². The molecule has 17 heavy (non-hydrogen) atoms. The number of ketones is 1. The fourth-order valence-electron chi connectivity index (χ4n) is 1.39. The summed E-state index contributed by atoms with van der Waals surface area (Å²) in [5, 5.41) is 8.59. The number of unbranched alkanes of at least 4 members (excludes halogenated alkanes) is 4. The van der Waals surface area contributed by atoms with Crippen LogP contribution in [0.5, 0.6) is 0 Å². The van der Waals surface area contributed by atoms with Crippen LogP contribution in [0.25, 0.3) is 0 Å². The Kier molecular flexibility index (Phi) is 7.97. The average molecular weight is 239 g/mol. The molecule has 4 nitrogen and oxygen atoms in total. The van der Waals surface area contributed by atoms with Crippen molar-refractivity contribution in [3.63, 3.8) is 0 Å². The highest BCUT2D eigenvalue weighted by molar-refractivity contribution is 6.24. The predicted octanol–water partition coefficient (Wildman–Crippen LogP) is 1.49. The summed E-state index contributed by atoms with van der Waals surface area (Å²) >= 11 is 0. The number of hydrogen-bond acceptors (Lipinski definition) is 3. The van der Waals surface area contributed by atoms with Crippen LogP contribution in [0.1, 0.15) is 39.0 Å². The van der Waals surface area contributed by atoms with E-state index in [4.69, 9.17) is 10.8 Å². The Morgan fingerprint density at radius 2 is 1.82 bits per heavy atom. The van der Waals surface area contributed by atoms with Gasteiger partial charge >= 0.3 is 0 Å². The third-order valence-corrected chi connectivity index (χ3v) is 2.36. The quantitative estimate of drug-likeness (QED) is 0.277. The van der Waals surface area contributed by atoms with Crippen LogP contribution in [0.3, 0.4) is 0 Å². The second-order valence-electron chi connectivity index (χ2n) is 4.02. The molecule has 0 atom stereocenters. The van der Waals surface area contributed by atoms with Gasteiger partial charge in [-0.15, -0.1) is 0 Å². The lowest BCUT2D eigenvalue weighted by Gasteiger charge is -2.02. The smallest absolute Gasteiger partial charge is 0.252 e. The zero-order valence-electron chi connectivity index (χ0n) is 10.4. The summed E-state index contributed by atoms with van der Waals surface area (Å²) in [7, 11) is 0. The van der Waals surface area contributed by atoms with Gasteiger partial charge in [0.2, 0.25) is 0 Å². The van der Waals surface area contributed by atoms with Crippen molar-refractivity contribution in [1.29, 1.82) is 0 Å². The molecular formula is C13H21NO3. The van der Waals surface area contributed by atoms with Gasteiger partial charge in [0, 0.05) is 6.61 Å². The first kappa shape index (κ1) is 15.6. The first-order valence-corrected chi connectivity index (χ1v) is 5.81. The first-order chi connectivity index (χ1) is 8.00. The minimum absolute atomic E-state index is 0.0275. The van der Waals surface area contributed by atoms with Gasteiger partial charge in [0.25, 0.3) is 5.91 Å². The van der Waals surface area contributed by atoms with E-state index in [1.807, 2.05) is 0 Å². The minimum Gasteiger partial charge on any atom is -0.396 e. The molecule has 4 heteroatoms. The third-order valence-electron chi connectivity index (χ3n) is 2.36. The Balaban J connectivity index is 4.19. The topological polar surface area (TPSA) is 80.4 Å². The van der Waals surface area contributed by atoms with E-state index in [2.05, 4.69) is 6.58 Å². The maximum absolute atomic E-state index is 11.5. The van der Waals surface area contributed by atoms with E-state index >= 15 is 0 Å². The highest BCUT2D eigenvalue weighted by Crippen LogP contribution is 2.09. The van der Waals surface area contributed by atoms with Crippen LogP contribution in [0.4, 0.5) is 0 Å². The van der Waals surface area contributed by atoms with E-state index in [-0.39, 0.29) is 18.0 Å². The second kappa shape index (κ2) is 8.70. The van der Waals surface area contributed by atoms with Gasteiger partial charge in [-0.25, -0.2) is 0 Å². The molecule has 0 saturated heterocycles. The highest BCUT2D eigenvalue weighted by atomic mass is 16.2. The Hall–Kier alpha value is -1.42. The molecule has 1 amide bonds. The fraction of sp³-hybridized carbons (Fsp3) is 0.538. The molecule has 0 spiro atoms. The molecule has 0 rings (SSSR count). The number of aliphatic hydroxyl groups is 1. The maximum atomic E-state index is 11.5. The molecule has 0 aromatic rings. The largest absolute Gasteiger partial charge is 0.396 e. The molecule has 96 valence electrons. The van der Waals surface area contributed by atoms with Gasteiger partial charge < -0.3 is 10.8 Å². The summed E-state index contributed by atoms with van der Waals surface area (Å²) < 4.78 is 0. The maximum Gasteiger partial charge on any atom is 0.252 e. The fourth-order valence-corrected chi connectivity index (χ4v) is 1.39. The van der Waals surface area contributed by atoms with Crippen molar-refractivity contribution in [2.75, 3.05) is 6.61 Å². The number of carbonyl (C=O) groups is 2. The molecule has 3 N–H and O–H groups in total. The van der Waals surface area contributed by atoms with Crippen molar-refractivity contribution in [2.24, 2.45) is 5.73 Å². The van der Waals surface area contributed by atoms with Crippen LogP contribution in [0, 0.1) is 0 Å². The Labute approximate surface area is 102 Å². The standard InChI is InChI=1S/C13H21NO3/c1-10(2)12(16)11(13(14)17)8-6-4-3-5-7-9-15/h8,15H,1,3-7,9H2,2H3,(H2,14,17). The summed E-state index contributed by atoms with van der Waals surface area (Å²) in [6.45, 7) is 5.26. The number of amides is 1. The molecule has 0 aromatic carbocycles. The van der Waals surface area contributed by atoms with Crippen LogP contribution >= 0.6 is 0 Å². The Bertz CT molecular complexity index is 319. The van der Waals surface area contributed by atoms with Crippen molar-refractivity contribution in [2.45, 2.75) is 39.0 Å². The molecular weight excluding hydrogens is 218 g/mol. The molecule has 0 bridgehead atoms. The van der Waals surface area contributed by atoms with Crippen molar-refractivity contribution in [3.05, 3.63) is 23.8 Å². The molecule has 0 unspecified atom stereocenters. The Morgan fingerprint density at radius 1 is 1.24 bits per heavy atom. The van der Waals surface area contributed by atoms with Crippen LogP contribution in [0.15, 0.2) is 23.8 Å². The highest BCUT2D eigenvalue weighted by Gasteiger charge is 2.14. The van der Waals surface area contributed by atoms with Gasteiger partial charge in [-0.2, -0.15) is 0 Å². The van der Waals surface area contributed by atoms with Crippen molar-refractivity contribution in [1.82, 2.24) is 0 Å². The number of carbonyl (C=O) groups excluding carboxylic acids is 2. The molecule has 0 aromatic heterocycles. The van der Waals surface area contributed by atoms with E-state index < -0.39 is 5.91 Å². The number of rotatable bonds is 9. The lowest BCUT2D eigenvalue weighted by Crippen LogP contribution is -2.21. The lowest BCUT2D eigenvalue weighted by atomic mass is 10.0. The number of allylic oxidation sites excluding steroid dienone is 2. The molecule has 0 aliphatic rings. The van der Waals surface area contributed by atoms with Gasteiger partial charge in [0.15, 0.2) is 5.78 Å². The van der Waals surface area contributed by atoms with E-state index in [0.29, 0.717) is 12.0 Å². The zero-order chi connectivity index (χ0) is 13.3. The number of hydrogen-bond donors (Lipinski definition) is 2. The van der Waals surface area contributed by atoms with Crippen molar-refractivity contribution < 1.29 is 14.7 Å². The summed E-state index contributed by atoms with van der Waals surface area (Å²) in [5.74, 6) is -1.08. The Morgan fingerprint density at radius 3 is 2.29 bits per heavy atom. The van der Waals surface area contributed by atoms with Crippen LogP contribution < -0.4 is 5.73 Å². The van der Waals surface area contributed by atoms with E-state index in [0.717, 1.165) is 25.7 Å². The van der Waals surface area contributed by atoms with Gasteiger partial charge in [-0.05, 0) is 31.8 Å². The van der Waals surface area contributed by atoms with E-state index in [9.17, 15) is 9.59 Å². The normalized spacial score (nSPS) is 11.3. The van der Waals surface area contributed by atoms with Gasteiger partial charge in [0.05, 0.1) is 5.57 Å². The SMILES string of the molecule is C=C(C)C(=O)C(=CCCCCCCO)C(N)=O. The zero-order valence-corrected chi connectivity index (χ0v) is 10.4. The monoisotopic (exact) mass is 239 g/mol. The van der Waals surface area contributed by atoms with Crippen LogP contribution in [0.2, 0.25) is 0 Å².